The summed E-state index contributed by atoms with van der Waals surface area (Å²) in [6.07, 6.45) is 3.75. The van der Waals surface area contributed by atoms with E-state index >= 15 is 0 Å². The summed E-state index contributed by atoms with van der Waals surface area (Å²) < 4.78 is 2.19. The van der Waals surface area contributed by atoms with Gasteiger partial charge in [0.2, 0.25) is 0 Å². The van der Waals surface area contributed by atoms with Gasteiger partial charge in [0.05, 0.1) is 17.9 Å². The highest BCUT2D eigenvalue weighted by molar-refractivity contribution is 6.16. The van der Waals surface area contributed by atoms with Crippen LogP contribution in [0.3, 0.4) is 0 Å². The largest absolute Gasteiger partial charge is 0.333 e. The highest BCUT2D eigenvalue weighted by Crippen LogP contribution is 2.68. The summed E-state index contributed by atoms with van der Waals surface area (Å²) in [6.45, 7) is 10.4. The Morgan fingerprint density at radius 1 is 1.33 bits per heavy atom. The molecule has 0 aliphatic heterocycles. The first kappa shape index (κ1) is 11.0. The zero-order chi connectivity index (χ0) is 11.3. The quantitative estimate of drug-likeness (QED) is 0.724. The molecular weight excluding hydrogens is 208 g/mol. The van der Waals surface area contributed by atoms with E-state index < -0.39 is 0 Å². The molecule has 1 aromatic rings. The summed E-state index contributed by atoms with van der Waals surface area (Å²) in [6, 6.07) is 0. The number of hydrogen-bond acceptors (Lipinski definition) is 1. The number of aromatic nitrogens is 2. The van der Waals surface area contributed by atoms with E-state index in [9.17, 15) is 0 Å². The molecule has 0 atom stereocenters. The molecule has 0 spiro atoms. The Hall–Kier alpha value is -0.500. The molecule has 0 N–H and O–H groups in total. The van der Waals surface area contributed by atoms with Crippen LogP contribution in [0.15, 0.2) is 12.5 Å². The van der Waals surface area contributed by atoms with E-state index in [2.05, 4.69) is 37.2 Å². The molecule has 1 aliphatic rings. The van der Waals surface area contributed by atoms with Crippen LogP contribution in [-0.4, -0.2) is 9.55 Å². The van der Waals surface area contributed by atoms with E-state index in [1.165, 1.54) is 0 Å². The first-order chi connectivity index (χ1) is 6.91. The van der Waals surface area contributed by atoms with Crippen molar-refractivity contribution in [2.45, 2.75) is 40.1 Å². The van der Waals surface area contributed by atoms with Crippen molar-refractivity contribution in [3.05, 3.63) is 18.2 Å². The molecule has 1 heterocycles. The van der Waals surface area contributed by atoms with E-state index in [1.54, 1.807) is 0 Å². The van der Waals surface area contributed by atoms with Gasteiger partial charge in [0.25, 0.3) is 0 Å². The molecule has 84 valence electrons. The number of nitrogens with zero attached hydrogens (tertiary/aromatic N) is 2. The van der Waals surface area contributed by atoms with E-state index in [0.29, 0.717) is 16.7 Å². The first-order valence-corrected chi connectivity index (χ1v) is 5.99. The Morgan fingerprint density at radius 3 is 2.40 bits per heavy atom. The average molecular weight is 227 g/mol. The van der Waals surface area contributed by atoms with Crippen molar-refractivity contribution in [1.29, 1.82) is 0 Å². The molecular formula is C12H19ClN2. The lowest BCUT2D eigenvalue weighted by molar-refractivity contribution is 0.457. The highest BCUT2D eigenvalue weighted by Gasteiger charge is 2.64. The second-order valence-electron chi connectivity index (χ2n) is 5.67. The number of halogens is 1. The maximum Gasteiger partial charge on any atom is 0.0948 e. The maximum absolute atomic E-state index is 5.86. The third kappa shape index (κ3) is 1.50. The second kappa shape index (κ2) is 3.24. The SMILES string of the molecule is CC1(C)C(Cn2cncc2CCl)C1(C)C. The number of hydrogen-bond donors (Lipinski definition) is 0. The van der Waals surface area contributed by atoms with Gasteiger partial charge in [-0.15, -0.1) is 11.6 Å². The zero-order valence-electron chi connectivity index (χ0n) is 9.92. The van der Waals surface area contributed by atoms with Gasteiger partial charge in [0.1, 0.15) is 0 Å². The van der Waals surface area contributed by atoms with Crippen molar-refractivity contribution < 1.29 is 0 Å². The number of imidazole rings is 1. The van der Waals surface area contributed by atoms with Crippen molar-refractivity contribution in [2.24, 2.45) is 16.7 Å². The molecule has 2 rings (SSSR count). The van der Waals surface area contributed by atoms with Gasteiger partial charge < -0.3 is 4.57 Å². The van der Waals surface area contributed by atoms with E-state index in [4.69, 9.17) is 11.6 Å². The van der Waals surface area contributed by atoms with E-state index in [1.807, 2.05) is 12.5 Å². The molecule has 0 bridgehead atoms. The molecule has 1 saturated carbocycles. The minimum absolute atomic E-state index is 0.431. The fourth-order valence-corrected chi connectivity index (χ4v) is 2.83. The molecule has 1 aromatic heterocycles. The minimum Gasteiger partial charge on any atom is -0.333 e. The lowest BCUT2D eigenvalue weighted by atomic mass is 10.0. The maximum atomic E-state index is 5.86. The molecule has 0 radical (unpaired) electrons. The summed E-state index contributed by atoms with van der Waals surface area (Å²) in [5, 5.41) is 0. The summed E-state index contributed by atoms with van der Waals surface area (Å²) >= 11 is 5.86. The predicted octanol–water partition coefficient (Wildman–Crippen LogP) is 3.30. The normalized spacial score (nSPS) is 23.0. The van der Waals surface area contributed by atoms with Crippen molar-refractivity contribution in [2.75, 3.05) is 0 Å². The van der Waals surface area contributed by atoms with Gasteiger partial charge in [-0.2, -0.15) is 0 Å². The zero-order valence-corrected chi connectivity index (χ0v) is 10.7. The lowest BCUT2D eigenvalue weighted by Crippen LogP contribution is -2.05. The van der Waals surface area contributed by atoms with E-state index in [-0.39, 0.29) is 0 Å². The molecule has 0 amide bonds. The summed E-state index contributed by atoms with van der Waals surface area (Å²) in [5.41, 5.74) is 1.98. The molecule has 1 fully saturated rings. The molecule has 0 unspecified atom stereocenters. The number of rotatable bonds is 3. The van der Waals surface area contributed by atoms with Crippen LogP contribution in [-0.2, 0) is 12.4 Å². The van der Waals surface area contributed by atoms with Crippen LogP contribution in [0.1, 0.15) is 33.4 Å². The molecule has 0 aromatic carbocycles. The Bertz CT molecular complexity index is 351. The Balaban J connectivity index is 2.12. The van der Waals surface area contributed by atoms with Crippen LogP contribution in [0, 0.1) is 16.7 Å². The fraction of sp³-hybridized carbons (Fsp3) is 0.750. The van der Waals surface area contributed by atoms with Gasteiger partial charge in [-0.05, 0) is 16.7 Å². The van der Waals surface area contributed by atoms with Crippen LogP contribution < -0.4 is 0 Å². The Kier molecular flexibility index (Phi) is 2.38. The van der Waals surface area contributed by atoms with Crippen LogP contribution >= 0.6 is 11.6 Å². The van der Waals surface area contributed by atoms with Crippen molar-refractivity contribution in [1.82, 2.24) is 9.55 Å². The second-order valence-corrected chi connectivity index (χ2v) is 5.93. The van der Waals surface area contributed by atoms with Crippen LogP contribution in [0.5, 0.6) is 0 Å². The highest BCUT2D eigenvalue weighted by atomic mass is 35.5. The first-order valence-electron chi connectivity index (χ1n) is 5.46. The van der Waals surface area contributed by atoms with Crippen LogP contribution in [0.2, 0.25) is 0 Å². The summed E-state index contributed by atoms with van der Waals surface area (Å²) in [7, 11) is 0. The Labute approximate surface area is 96.7 Å². The van der Waals surface area contributed by atoms with Gasteiger partial charge in [-0.25, -0.2) is 4.98 Å². The van der Waals surface area contributed by atoms with Gasteiger partial charge in [0, 0.05) is 12.7 Å². The van der Waals surface area contributed by atoms with E-state index in [0.717, 1.165) is 18.2 Å². The summed E-state index contributed by atoms with van der Waals surface area (Å²) in [4.78, 5) is 4.15. The molecule has 3 heteroatoms. The van der Waals surface area contributed by atoms with Gasteiger partial charge in [0.15, 0.2) is 0 Å². The molecule has 2 nitrogen and oxygen atoms in total. The van der Waals surface area contributed by atoms with Gasteiger partial charge in [-0.3, -0.25) is 0 Å². The average Bonchev–Trinajstić information content (AvgIpc) is 2.59. The van der Waals surface area contributed by atoms with Gasteiger partial charge in [-0.1, -0.05) is 27.7 Å². The van der Waals surface area contributed by atoms with Crippen LogP contribution in [0.25, 0.3) is 0 Å². The monoisotopic (exact) mass is 226 g/mol. The topological polar surface area (TPSA) is 17.8 Å². The van der Waals surface area contributed by atoms with Crippen LogP contribution in [0.4, 0.5) is 0 Å². The molecule has 15 heavy (non-hydrogen) atoms. The summed E-state index contributed by atoms with van der Waals surface area (Å²) in [5.74, 6) is 1.27. The Morgan fingerprint density at radius 2 is 1.93 bits per heavy atom. The smallest absolute Gasteiger partial charge is 0.0948 e. The molecule has 0 saturated heterocycles. The van der Waals surface area contributed by atoms with Gasteiger partial charge >= 0.3 is 0 Å². The number of alkyl halides is 1. The third-order valence-electron chi connectivity index (χ3n) is 4.63. The van der Waals surface area contributed by atoms with Crippen molar-refractivity contribution in [3.63, 3.8) is 0 Å². The minimum atomic E-state index is 0.431. The lowest BCUT2D eigenvalue weighted by Gasteiger charge is -2.07. The predicted molar refractivity (Wildman–Crippen MR) is 62.8 cm³/mol. The fourth-order valence-electron chi connectivity index (χ4n) is 2.61. The van der Waals surface area contributed by atoms with Crippen molar-refractivity contribution in [3.8, 4) is 0 Å². The van der Waals surface area contributed by atoms with Crippen molar-refractivity contribution >= 4 is 11.6 Å². The standard InChI is InChI=1S/C12H19ClN2/c1-11(2)10(12(11,3)4)7-15-8-14-6-9(15)5-13/h6,8,10H,5,7H2,1-4H3. The third-order valence-corrected chi connectivity index (χ3v) is 4.91. The molecule has 1 aliphatic carbocycles.